The number of piperidine rings is 1. The molecule has 0 aromatic carbocycles. The van der Waals surface area contributed by atoms with E-state index in [9.17, 15) is 16.8 Å². The van der Waals surface area contributed by atoms with Gasteiger partial charge >= 0.3 is 0 Å². The Morgan fingerprint density at radius 2 is 1.95 bits per heavy atom. The zero-order chi connectivity index (χ0) is 15.0. The van der Waals surface area contributed by atoms with Crippen LogP contribution in [0.15, 0.2) is 10.4 Å². The number of thiazole rings is 1. The van der Waals surface area contributed by atoms with Crippen molar-refractivity contribution in [3.05, 3.63) is 10.7 Å². The zero-order valence-electron chi connectivity index (χ0n) is 10.6. The highest BCUT2D eigenvalue weighted by Crippen LogP contribution is 2.23. The minimum Gasteiger partial charge on any atom is -0.232 e. The third-order valence-corrected chi connectivity index (χ3v) is 7.37. The van der Waals surface area contributed by atoms with E-state index in [0.717, 1.165) is 17.6 Å². The van der Waals surface area contributed by atoms with Crippen molar-refractivity contribution in [3.8, 4) is 0 Å². The van der Waals surface area contributed by atoms with Crippen LogP contribution in [-0.4, -0.2) is 51.5 Å². The summed E-state index contributed by atoms with van der Waals surface area (Å²) in [6.07, 6.45) is 3.25. The third kappa shape index (κ3) is 3.89. The number of nitrogens with zero attached hydrogens (tertiary/aromatic N) is 2. The van der Waals surface area contributed by atoms with Gasteiger partial charge in [-0.2, -0.15) is 0 Å². The van der Waals surface area contributed by atoms with Gasteiger partial charge in [0.05, 0.1) is 12.5 Å². The van der Waals surface area contributed by atoms with E-state index in [2.05, 4.69) is 9.71 Å². The van der Waals surface area contributed by atoms with E-state index in [1.54, 1.807) is 0 Å². The number of aromatic nitrogens is 1. The minimum absolute atomic E-state index is 0.0630. The van der Waals surface area contributed by atoms with Gasteiger partial charge in [-0.3, -0.25) is 0 Å². The molecule has 20 heavy (non-hydrogen) atoms. The molecule has 0 unspecified atom stereocenters. The molecule has 0 radical (unpaired) electrons. The van der Waals surface area contributed by atoms with Gasteiger partial charge < -0.3 is 0 Å². The first-order valence-corrected chi connectivity index (χ1v) is 10.3. The fraction of sp³-hybridized carbons (Fsp3) is 0.667. The largest absolute Gasteiger partial charge is 0.251 e. The number of nitrogens with one attached hydrogen (secondary N) is 1. The Hall–Kier alpha value is -0.260. The smallest absolute Gasteiger partial charge is 0.232 e. The van der Waals surface area contributed by atoms with Crippen LogP contribution >= 0.6 is 22.9 Å². The summed E-state index contributed by atoms with van der Waals surface area (Å²) < 4.78 is 51.0. The predicted octanol–water partition coefficient (Wildman–Crippen LogP) is 0.499. The highest BCUT2D eigenvalue weighted by atomic mass is 35.5. The number of hydrogen-bond donors (Lipinski definition) is 1. The molecule has 1 N–H and O–H groups in total. The second-order valence-corrected chi connectivity index (χ2v) is 10.0. The molecule has 1 aliphatic heterocycles. The molecule has 1 aromatic heterocycles. The summed E-state index contributed by atoms with van der Waals surface area (Å²) in [5, 5.41) is 0. The van der Waals surface area contributed by atoms with Gasteiger partial charge in [0.25, 0.3) is 10.0 Å². The lowest BCUT2D eigenvalue weighted by Gasteiger charge is -2.30. The lowest BCUT2D eigenvalue weighted by molar-refractivity contribution is 0.310. The molecule has 2 heterocycles. The molecule has 0 bridgehead atoms. The summed E-state index contributed by atoms with van der Waals surface area (Å²) in [6, 6.07) is -0.279. The van der Waals surface area contributed by atoms with E-state index < -0.39 is 20.0 Å². The summed E-state index contributed by atoms with van der Waals surface area (Å²) >= 11 is 6.51. The quantitative estimate of drug-likeness (QED) is 0.844. The highest BCUT2D eigenvalue weighted by Gasteiger charge is 2.28. The van der Waals surface area contributed by atoms with Gasteiger partial charge in [0.15, 0.2) is 8.68 Å². The van der Waals surface area contributed by atoms with Gasteiger partial charge in [-0.15, -0.1) is 0 Å². The molecule has 2 rings (SSSR count). The summed E-state index contributed by atoms with van der Waals surface area (Å²) in [4.78, 5) is 3.70. The van der Waals surface area contributed by atoms with Crippen molar-refractivity contribution in [2.24, 2.45) is 0 Å². The molecule has 1 aromatic rings. The maximum atomic E-state index is 12.1. The molecule has 0 spiro atoms. The van der Waals surface area contributed by atoms with E-state index in [1.807, 2.05) is 0 Å². The minimum atomic E-state index is -3.64. The average Bonchev–Trinajstić information content (AvgIpc) is 2.76. The van der Waals surface area contributed by atoms with Crippen LogP contribution in [-0.2, 0) is 20.0 Å². The molecule has 1 fully saturated rings. The van der Waals surface area contributed by atoms with E-state index in [1.165, 1.54) is 10.5 Å². The van der Waals surface area contributed by atoms with Crippen LogP contribution < -0.4 is 4.72 Å². The van der Waals surface area contributed by atoms with Gasteiger partial charge in [0.1, 0.15) is 0 Å². The summed E-state index contributed by atoms with van der Waals surface area (Å²) in [5.41, 5.74) is 0. The lowest BCUT2D eigenvalue weighted by Crippen LogP contribution is -2.46. The van der Waals surface area contributed by atoms with Crippen LogP contribution in [0.2, 0.25) is 4.47 Å². The number of rotatable bonds is 4. The second-order valence-electron chi connectivity index (χ2n) is 4.49. The van der Waals surface area contributed by atoms with E-state index in [-0.39, 0.29) is 14.7 Å². The molecule has 114 valence electrons. The standard InChI is InChI=1S/C9H14ClN3O4S3/c1-19(14,15)13-4-2-7(3-5-13)12-20(16,17)8-6-11-9(10)18-8/h6-7,12H,2-5H2,1H3. The highest BCUT2D eigenvalue weighted by molar-refractivity contribution is 7.91. The zero-order valence-corrected chi connectivity index (χ0v) is 13.8. The first-order valence-electron chi connectivity index (χ1n) is 5.77. The first kappa shape index (κ1) is 16.1. The molecular weight excluding hydrogens is 346 g/mol. The van der Waals surface area contributed by atoms with Crippen LogP contribution in [0.4, 0.5) is 0 Å². The first-order chi connectivity index (χ1) is 9.18. The Balaban J connectivity index is 1.99. The van der Waals surface area contributed by atoms with E-state index >= 15 is 0 Å². The van der Waals surface area contributed by atoms with Gasteiger partial charge in [-0.05, 0) is 12.8 Å². The molecular formula is C9H14ClN3O4S3. The average molecular weight is 360 g/mol. The molecule has 0 atom stereocenters. The summed E-state index contributed by atoms with van der Waals surface area (Å²) in [6.45, 7) is 0.630. The monoisotopic (exact) mass is 359 g/mol. The lowest BCUT2D eigenvalue weighted by atomic mass is 10.1. The van der Waals surface area contributed by atoms with Crippen molar-refractivity contribution in [2.45, 2.75) is 23.1 Å². The van der Waals surface area contributed by atoms with E-state index in [4.69, 9.17) is 11.6 Å². The number of sulfonamides is 2. The Morgan fingerprint density at radius 1 is 1.35 bits per heavy atom. The van der Waals surface area contributed by atoms with Crippen molar-refractivity contribution in [2.75, 3.05) is 19.3 Å². The Morgan fingerprint density at radius 3 is 2.40 bits per heavy atom. The number of hydrogen-bond acceptors (Lipinski definition) is 6. The van der Waals surface area contributed by atoms with Crippen molar-refractivity contribution < 1.29 is 16.8 Å². The van der Waals surface area contributed by atoms with Crippen LogP contribution in [0.25, 0.3) is 0 Å². The topological polar surface area (TPSA) is 96.4 Å². The van der Waals surface area contributed by atoms with Gasteiger partial charge in [-0.25, -0.2) is 30.8 Å². The van der Waals surface area contributed by atoms with Crippen LogP contribution in [0.1, 0.15) is 12.8 Å². The van der Waals surface area contributed by atoms with Crippen molar-refractivity contribution in [1.82, 2.24) is 14.0 Å². The third-order valence-electron chi connectivity index (χ3n) is 2.97. The second kappa shape index (κ2) is 5.85. The molecule has 7 nitrogen and oxygen atoms in total. The van der Waals surface area contributed by atoms with Crippen LogP contribution in [0, 0.1) is 0 Å². The van der Waals surface area contributed by atoms with Gasteiger partial charge in [-0.1, -0.05) is 22.9 Å². The Labute approximate surface area is 127 Å². The molecule has 1 saturated heterocycles. The molecule has 0 aliphatic carbocycles. The van der Waals surface area contributed by atoms with Crippen molar-refractivity contribution in [3.63, 3.8) is 0 Å². The maximum Gasteiger partial charge on any atom is 0.251 e. The number of halogens is 1. The SMILES string of the molecule is CS(=O)(=O)N1CCC(NS(=O)(=O)c2cnc(Cl)s2)CC1. The van der Waals surface area contributed by atoms with Crippen LogP contribution in [0.5, 0.6) is 0 Å². The maximum absolute atomic E-state index is 12.1. The normalized spacial score (nSPS) is 19.3. The summed E-state index contributed by atoms with van der Waals surface area (Å²) in [5.74, 6) is 0. The molecule has 1 aliphatic rings. The molecule has 0 amide bonds. The Bertz CT molecular complexity index is 677. The fourth-order valence-corrected chi connectivity index (χ4v) is 5.43. The van der Waals surface area contributed by atoms with Gasteiger partial charge in [0, 0.05) is 19.1 Å². The van der Waals surface area contributed by atoms with Crippen molar-refractivity contribution in [1.29, 1.82) is 0 Å². The Kier molecular flexibility index (Phi) is 4.72. The molecule has 11 heteroatoms. The van der Waals surface area contributed by atoms with Crippen molar-refractivity contribution >= 4 is 43.0 Å². The van der Waals surface area contributed by atoms with E-state index in [0.29, 0.717) is 25.9 Å². The summed E-state index contributed by atoms with van der Waals surface area (Å²) in [7, 11) is -6.85. The predicted molar refractivity (Wildman–Crippen MR) is 76.9 cm³/mol. The van der Waals surface area contributed by atoms with Gasteiger partial charge in [0.2, 0.25) is 10.0 Å². The fourth-order valence-electron chi connectivity index (χ4n) is 1.95. The van der Waals surface area contributed by atoms with Crippen LogP contribution in [0.3, 0.4) is 0 Å². The molecule has 0 saturated carbocycles.